The van der Waals surface area contributed by atoms with Crippen molar-refractivity contribution in [3.8, 4) is 0 Å². The lowest BCUT2D eigenvalue weighted by Gasteiger charge is -2.30. The van der Waals surface area contributed by atoms with Gasteiger partial charge in [0, 0.05) is 39.3 Å². The van der Waals surface area contributed by atoms with Crippen molar-refractivity contribution in [1.29, 1.82) is 0 Å². The number of nitrogens with one attached hydrogen (secondary N) is 1. The molecule has 0 aliphatic carbocycles. The summed E-state index contributed by atoms with van der Waals surface area (Å²) in [6, 6.07) is 3.35. The molecule has 1 fully saturated rings. The first-order valence-corrected chi connectivity index (χ1v) is 10.8. The van der Waals surface area contributed by atoms with Crippen LogP contribution in [-0.4, -0.2) is 65.2 Å². The number of amides is 1. The fourth-order valence-corrected chi connectivity index (χ4v) is 5.28. The van der Waals surface area contributed by atoms with Crippen molar-refractivity contribution in [2.24, 2.45) is 5.92 Å². The van der Waals surface area contributed by atoms with E-state index in [2.05, 4.69) is 5.32 Å². The van der Waals surface area contributed by atoms with Crippen molar-refractivity contribution in [2.75, 3.05) is 46.6 Å². The molecule has 25 heavy (non-hydrogen) atoms. The minimum absolute atomic E-state index is 0.00469. The van der Waals surface area contributed by atoms with E-state index in [9.17, 15) is 13.2 Å². The zero-order chi connectivity index (χ0) is 18.1. The molecule has 1 aromatic rings. The Kier molecular flexibility index (Phi) is 8.31. The van der Waals surface area contributed by atoms with Gasteiger partial charge in [-0.2, -0.15) is 4.31 Å². The number of hydrogen-bond donors (Lipinski definition) is 1. The summed E-state index contributed by atoms with van der Waals surface area (Å²) in [6.07, 6.45) is 1.86. The largest absolute Gasteiger partial charge is 0.382 e. The van der Waals surface area contributed by atoms with Gasteiger partial charge in [-0.3, -0.25) is 4.79 Å². The number of hydrogen-bond acceptors (Lipinski definition) is 6. The van der Waals surface area contributed by atoms with Gasteiger partial charge in [0.05, 0.1) is 13.2 Å². The van der Waals surface area contributed by atoms with Gasteiger partial charge in [-0.05, 0) is 30.7 Å². The number of carbonyl (C=O) groups excluding carboxylic acids is 1. The van der Waals surface area contributed by atoms with Crippen molar-refractivity contribution < 1.29 is 22.7 Å². The van der Waals surface area contributed by atoms with Gasteiger partial charge in [-0.15, -0.1) is 11.3 Å². The van der Waals surface area contributed by atoms with Crippen LogP contribution in [0.4, 0.5) is 0 Å². The lowest BCUT2D eigenvalue weighted by atomic mass is 9.97. The molecule has 9 heteroatoms. The van der Waals surface area contributed by atoms with Crippen LogP contribution >= 0.6 is 11.3 Å². The Morgan fingerprint density at radius 1 is 1.32 bits per heavy atom. The zero-order valence-corrected chi connectivity index (χ0v) is 16.1. The Hall–Kier alpha value is -1.00. The second-order valence-electron chi connectivity index (χ2n) is 5.86. The summed E-state index contributed by atoms with van der Waals surface area (Å²) in [5, 5.41) is 4.66. The quantitative estimate of drug-likeness (QED) is 0.609. The molecular weight excluding hydrogens is 364 g/mol. The second kappa shape index (κ2) is 10.2. The molecule has 0 unspecified atom stereocenters. The number of sulfonamides is 1. The number of methoxy groups -OCH3 is 1. The van der Waals surface area contributed by atoms with Crippen molar-refractivity contribution >= 4 is 27.3 Å². The van der Waals surface area contributed by atoms with Crippen LogP contribution in [0.3, 0.4) is 0 Å². The summed E-state index contributed by atoms with van der Waals surface area (Å²) >= 11 is 1.22. The first kappa shape index (κ1) is 20.3. The number of ether oxygens (including phenoxy) is 2. The third-order valence-corrected chi connectivity index (χ3v) is 7.38. The Labute approximate surface area is 153 Å². The summed E-state index contributed by atoms with van der Waals surface area (Å²) < 4.78 is 37.0. The first-order chi connectivity index (χ1) is 12.1. The molecule has 1 aliphatic heterocycles. The molecule has 1 N–H and O–H groups in total. The van der Waals surface area contributed by atoms with E-state index in [0.29, 0.717) is 56.5 Å². The molecule has 0 saturated carbocycles. The van der Waals surface area contributed by atoms with E-state index in [1.54, 1.807) is 24.6 Å². The maximum atomic E-state index is 12.5. The first-order valence-electron chi connectivity index (χ1n) is 8.43. The topological polar surface area (TPSA) is 84.9 Å². The summed E-state index contributed by atoms with van der Waals surface area (Å²) in [5.74, 6) is -0.116. The summed E-state index contributed by atoms with van der Waals surface area (Å²) in [5.41, 5.74) is 0. The minimum Gasteiger partial charge on any atom is -0.382 e. The highest BCUT2D eigenvalue weighted by atomic mass is 32.2. The fraction of sp³-hybridized carbons (Fsp3) is 0.688. The molecule has 2 rings (SSSR count). The van der Waals surface area contributed by atoms with Crippen molar-refractivity contribution in [3.05, 3.63) is 17.5 Å². The Morgan fingerprint density at radius 3 is 2.72 bits per heavy atom. The maximum Gasteiger partial charge on any atom is 0.252 e. The molecule has 0 atom stereocenters. The number of nitrogens with zero attached hydrogens (tertiary/aromatic N) is 1. The van der Waals surface area contributed by atoms with Crippen LogP contribution in [0.25, 0.3) is 0 Å². The minimum atomic E-state index is -3.41. The average Bonchev–Trinajstić information content (AvgIpc) is 3.16. The highest BCUT2D eigenvalue weighted by molar-refractivity contribution is 7.91. The van der Waals surface area contributed by atoms with Gasteiger partial charge >= 0.3 is 0 Å². The highest BCUT2D eigenvalue weighted by Gasteiger charge is 2.32. The number of carbonyl (C=O) groups is 1. The molecule has 1 saturated heterocycles. The van der Waals surface area contributed by atoms with Crippen LogP contribution in [-0.2, 0) is 24.3 Å². The third-order valence-electron chi connectivity index (χ3n) is 4.11. The zero-order valence-electron chi connectivity index (χ0n) is 14.5. The molecule has 1 aromatic heterocycles. The van der Waals surface area contributed by atoms with E-state index >= 15 is 0 Å². The predicted octanol–water partition coefficient (Wildman–Crippen LogP) is 1.32. The second-order valence-corrected chi connectivity index (χ2v) is 8.97. The summed E-state index contributed by atoms with van der Waals surface area (Å²) in [4.78, 5) is 12.2. The monoisotopic (exact) mass is 390 g/mol. The smallest absolute Gasteiger partial charge is 0.252 e. The average molecular weight is 391 g/mol. The molecule has 0 aromatic carbocycles. The van der Waals surface area contributed by atoms with E-state index in [4.69, 9.17) is 9.47 Å². The normalized spacial score (nSPS) is 16.8. The molecule has 1 aliphatic rings. The van der Waals surface area contributed by atoms with Crippen LogP contribution in [0.5, 0.6) is 0 Å². The van der Waals surface area contributed by atoms with Crippen molar-refractivity contribution in [3.63, 3.8) is 0 Å². The van der Waals surface area contributed by atoms with Crippen LogP contribution in [0.2, 0.25) is 0 Å². The van der Waals surface area contributed by atoms with Crippen LogP contribution in [0.15, 0.2) is 21.7 Å². The number of piperidine rings is 1. The van der Waals surface area contributed by atoms with Gasteiger partial charge in [0.2, 0.25) is 5.91 Å². The highest BCUT2D eigenvalue weighted by Crippen LogP contribution is 2.26. The maximum absolute atomic E-state index is 12.5. The lowest BCUT2D eigenvalue weighted by Crippen LogP contribution is -2.43. The predicted molar refractivity (Wildman–Crippen MR) is 96.1 cm³/mol. The van der Waals surface area contributed by atoms with E-state index < -0.39 is 10.0 Å². The standard InChI is InChI=1S/C16H26N2O5S2/c1-22-11-12-23-10-3-7-17-16(19)14-5-8-18(9-6-14)25(20,21)15-4-2-13-24-15/h2,4,13-14H,3,5-12H2,1H3,(H,17,19). The molecule has 142 valence electrons. The number of rotatable bonds is 10. The molecule has 2 heterocycles. The summed E-state index contributed by atoms with van der Waals surface area (Å²) in [7, 11) is -1.78. The lowest BCUT2D eigenvalue weighted by molar-refractivity contribution is -0.126. The molecule has 0 bridgehead atoms. The van der Waals surface area contributed by atoms with E-state index in [0.717, 1.165) is 6.42 Å². The van der Waals surface area contributed by atoms with E-state index in [-0.39, 0.29) is 11.8 Å². The van der Waals surface area contributed by atoms with Crippen molar-refractivity contribution in [2.45, 2.75) is 23.5 Å². The molecule has 1 amide bonds. The molecule has 0 radical (unpaired) electrons. The van der Waals surface area contributed by atoms with E-state index in [1.807, 2.05) is 0 Å². The Morgan fingerprint density at radius 2 is 2.08 bits per heavy atom. The number of thiophene rings is 1. The third kappa shape index (κ3) is 6.03. The Bertz CT molecular complexity index is 610. The van der Waals surface area contributed by atoms with Crippen LogP contribution < -0.4 is 5.32 Å². The molecular formula is C16H26N2O5S2. The van der Waals surface area contributed by atoms with Crippen LogP contribution in [0, 0.1) is 5.92 Å². The van der Waals surface area contributed by atoms with Gasteiger partial charge in [-0.25, -0.2) is 8.42 Å². The van der Waals surface area contributed by atoms with Crippen LogP contribution in [0.1, 0.15) is 19.3 Å². The van der Waals surface area contributed by atoms with Gasteiger partial charge in [0.15, 0.2) is 0 Å². The Balaban J connectivity index is 1.67. The van der Waals surface area contributed by atoms with Gasteiger partial charge in [0.25, 0.3) is 10.0 Å². The van der Waals surface area contributed by atoms with Gasteiger partial charge < -0.3 is 14.8 Å². The molecule has 0 spiro atoms. The van der Waals surface area contributed by atoms with E-state index in [1.165, 1.54) is 15.6 Å². The fourth-order valence-electron chi connectivity index (χ4n) is 2.67. The summed E-state index contributed by atoms with van der Waals surface area (Å²) in [6.45, 7) is 3.05. The van der Waals surface area contributed by atoms with Crippen molar-refractivity contribution in [1.82, 2.24) is 9.62 Å². The van der Waals surface area contributed by atoms with Gasteiger partial charge in [0.1, 0.15) is 4.21 Å². The van der Waals surface area contributed by atoms with Gasteiger partial charge in [-0.1, -0.05) is 6.07 Å². The molecule has 7 nitrogen and oxygen atoms in total. The SMILES string of the molecule is COCCOCCCNC(=O)C1CCN(S(=O)(=O)c2cccs2)CC1.